The minimum atomic E-state index is -0.0873. The zero-order valence-corrected chi connectivity index (χ0v) is 15.5. The van der Waals surface area contributed by atoms with E-state index in [2.05, 4.69) is 15.5 Å². The van der Waals surface area contributed by atoms with Crippen LogP contribution >= 0.6 is 11.8 Å². The number of methoxy groups -OCH3 is 1. The number of nitrogens with one attached hydrogen (secondary N) is 1. The summed E-state index contributed by atoms with van der Waals surface area (Å²) < 4.78 is 11.0. The minimum Gasteiger partial charge on any atom is -0.497 e. The SMILES string of the molecule is COc1ccc(-c2nnc([C@H](C)Sc3ccc(NC(C)=O)cc3)o2)cc1. The molecule has 0 saturated carbocycles. The maximum absolute atomic E-state index is 11.1. The molecule has 0 aliphatic heterocycles. The van der Waals surface area contributed by atoms with Gasteiger partial charge in [0.05, 0.1) is 12.4 Å². The lowest BCUT2D eigenvalue weighted by atomic mass is 10.2. The van der Waals surface area contributed by atoms with Crippen molar-refractivity contribution in [3.63, 3.8) is 0 Å². The van der Waals surface area contributed by atoms with Crippen molar-refractivity contribution in [2.45, 2.75) is 24.0 Å². The number of hydrogen-bond acceptors (Lipinski definition) is 6. The second-order valence-corrected chi connectivity index (χ2v) is 7.05. The van der Waals surface area contributed by atoms with Gasteiger partial charge in [-0.1, -0.05) is 0 Å². The van der Waals surface area contributed by atoms with Gasteiger partial charge in [-0.2, -0.15) is 0 Å². The number of aromatic nitrogens is 2. The molecule has 2 aromatic carbocycles. The summed E-state index contributed by atoms with van der Waals surface area (Å²) in [4.78, 5) is 12.1. The van der Waals surface area contributed by atoms with E-state index in [0.29, 0.717) is 11.8 Å². The molecular formula is C19H19N3O3S. The number of amides is 1. The van der Waals surface area contributed by atoms with E-state index in [4.69, 9.17) is 9.15 Å². The quantitative estimate of drug-likeness (QED) is 0.642. The van der Waals surface area contributed by atoms with Crippen molar-refractivity contribution in [2.24, 2.45) is 0 Å². The zero-order chi connectivity index (χ0) is 18.5. The Hall–Kier alpha value is -2.80. The van der Waals surface area contributed by atoms with Crippen LogP contribution in [-0.2, 0) is 4.79 Å². The van der Waals surface area contributed by atoms with Crippen LogP contribution in [0.15, 0.2) is 57.8 Å². The largest absolute Gasteiger partial charge is 0.497 e. The van der Waals surface area contributed by atoms with Gasteiger partial charge in [-0.25, -0.2) is 0 Å². The summed E-state index contributed by atoms with van der Waals surface area (Å²) in [5, 5.41) is 11.0. The molecule has 1 amide bonds. The maximum Gasteiger partial charge on any atom is 0.247 e. The highest BCUT2D eigenvalue weighted by atomic mass is 32.2. The zero-order valence-electron chi connectivity index (χ0n) is 14.7. The second kappa shape index (κ2) is 8.05. The van der Waals surface area contributed by atoms with Gasteiger partial charge in [-0.05, 0) is 55.5 Å². The second-order valence-electron chi connectivity index (χ2n) is 5.64. The van der Waals surface area contributed by atoms with Gasteiger partial charge >= 0.3 is 0 Å². The van der Waals surface area contributed by atoms with Crippen LogP contribution < -0.4 is 10.1 Å². The Morgan fingerprint density at radius 1 is 1.12 bits per heavy atom. The molecule has 1 N–H and O–H groups in total. The summed E-state index contributed by atoms with van der Waals surface area (Å²) in [5.74, 6) is 1.73. The number of carbonyl (C=O) groups excluding carboxylic acids is 1. The van der Waals surface area contributed by atoms with Gasteiger partial charge < -0.3 is 14.5 Å². The first kappa shape index (κ1) is 18.0. The molecule has 1 atom stereocenters. The molecule has 0 saturated heterocycles. The average Bonchev–Trinajstić information content (AvgIpc) is 3.13. The van der Waals surface area contributed by atoms with Crippen molar-refractivity contribution < 1.29 is 13.9 Å². The highest BCUT2D eigenvalue weighted by molar-refractivity contribution is 7.99. The molecule has 0 fully saturated rings. The fraction of sp³-hybridized carbons (Fsp3) is 0.211. The number of benzene rings is 2. The number of nitrogens with zero attached hydrogens (tertiary/aromatic N) is 2. The third-order valence-electron chi connectivity index (χ3n) is 3.61. The lowest BCUT2D eigenvalue weighted by Gasteiger charge is -2.08. The summed E-state index contributed by atoms with van der Waals surface area (Å²) in [7, 11) is 1.63. The van der Waals surface area contributed by atoms with Crippen molar-refractivity contribution in [3.05, 3.63) is 54.4 Å². The molecule has 6 nitrogen and oxygen atoms in total. The number of hydrogen-bond donors (Lipinski definition) is 1. The van der Waals surface area contributed by atoms with Crippen molar-refractivity contribution in [2.75, 3.05) is 12.4 Å². The van der Waals surface area contributed by atoms with Crippen molar-refractivity contribution in [1.82, 2.24) is 10.2 Å². The van der Waals surface area contributed by atoms with Gasteiger partial charge in [-0.3, -0.25) is 4.79 Å². The first-order valence-electron chi connectivity index (χ1n) is 8.07. The van der Waals surface area contributed by atoms with Crippen LogP contribution in [0, 0.1) is 0 Å². The van der Waals surface area contributed by atoms with Crippen molar-refractivity contribution in [1.29, 1.82) is 0 Å². The molecule has 3 aromatic rings. The van der Waals surface area contributed by atoms with Crippen LogP contribution in [0.3, 0.4) is 0 Å². The van der Waals surface area contributed by atoms with Crippen LogP contribution in [0.25, 0.3) is 11.5 Å². The highest BCUT2D eigenvalue weighted by Gasteiger charge is 2.16. The van der Waals surface area contributed by atoms with Gasteiger partial charge in [0.1, 0.15) is 5.75 Å². The van der Waals surface area contributed by atoms with E-state index in [1.165, 1.54) is 6.92 Å². The van der Waals surface area contributed by atoms with Crippen LogP contribution in [0.4, 0.5) is 5.69 Å². The lowest BCUT2D eigenvalue weighted by Crippen LogP contribution is -2.05. The van der Waals surface area contributed by atoms with Crippen molar-refractivity contribution >= 4 is 23.4 Å². The van der Waals surface area contributed by atoms with E-state index in [0.717, 1.165) is 21.9 Å². The smallest absolute Gasteiger partial charge is 0.247 e. The summed E-state index contributed by atoms with van der Waals surface area (Å²) in [6.07, 6.45) is 0. The third-order valence-corrected chi connectivity index (χ3v) is 4.71. The van der Waals surface area contributed by atoms with Crippen LogP contribution in [0.1, 0.15) is 25.0 Å². The topological polar surface area (TPSA) is 77.3 Å². The molecule has 0 aliphatic carbocycles. The molecule has 7 heteroatoms. The van der Waals surface area contributed by atoms with Gasteiger partial charge in [0, 0.05) is 23.1 Å². The maximum atomic E-state index is 11.1. The van der Waals surface area contributed by atoms with Crippen LogP contribution in [-0.4, -0.2) is 23.2 Å². The molecule has 0 bridgehead atoms. The number of carbonyl (C=O) groups is 1. The Morgan fingerprint density at radius 3 is 2.42 bits per heavy atom. The molecule has 0 aliphatic rings. The molecular weight excluding hydrogens is 350 g/mol. The Bertz CT molecular complexity index is 876. The number of anilines is 1. The summed E-state index contributed by atoms with van der Waals surface area (Å²) in [6, 6.07) is 15.1. The summed E-state index contributed by atoms with van der Waals surface area (Å²) in [6.45, 7) is 3.50. The Balaban J connectivity index is 1.67. The van der Waals surface area contributed by atoms with Gasteiger partial charge in [0.25, 0.3) is 0 Å². The molecule has 1 aromatic heterocycles. The fourth-order valence-corrected chi connectivity index (χ4v) is 3.22. The normalized spacial score (nSPS) is 11.8. The molecule has 1 heterocycles. The standard InChI is InChI=1S/C19H19N3O3S/c1-12(26-17-10-6-15(7-11-17)20-13(2)23)18-21-22-19(25-18)14-4-8-16(24-3)9-5-14/h4-12H,1-3H3,(H,20,23)/t12-/m0/s1. The first-order chi connectivity index (χ1) is 12.5. The van der Waals surface area contributed by atoms with Crippen LogP contribution in [0.2, 0.25) is 0 Å². The average molecular weight is 369 g/mol. The predicted octanol–water partition coefficient (Wildman–Crippen LogP) is 4.56. The van der Waals surface area contributed by atoms with E-state index in [1.54, 1.807) is 18.9 Å². The molecule has 3 rings (SSSR count). The van der Waals surface area contributed by atoms with E-state index >= 15 is 0 Å². The molecule has 0 spiro atoms. The lowest BCUT2D eigenvalue weighted by molar-refractivity contribution is -0.114. The summed E-state index contributed by atoms with van der Waals surface area (Å²) >= 11 is 1.61. The Kier molecular flexibility index (Phi) is 5.58. The molecule has 134 valence electrons. The number of rotatable bonds is 6. The summed E-state index contributed by atoms with van der Waals surface area (Å²) in [5.41, 5.74) is 1.62. The first-order valence-corrected chi connectivity index (χ1v) is 8.95. The Labute approximate surface area is 156 Å². The van der Waals surface area contributed by atoms with E-state index < -0.39 is 0 Å². The number of ether oxygens (including phenoxy) is 1. The minimum absolute atomic E-state index is 0.00103. The number of thioether (sulfide) groups is 1. The van der Waals surface area contributed by atoms with Gasteiger partial charge in [-0.15, -0.1) is 22.0 Å². The highest BCUT2D eigenvalue weighted by Crippen LogP contribution is 2.35. The third kappa shape index (κ3) is 4.43. The van der Waals surface area contributed by atoms with Gasteiger partial charge in [0.15, 0.2) is 0 Å². The van der Waals surface area contributed by atoms with E-state index in [-0.39, 0.29) is 11.2 Å². The molecule has 26 heavy (non-hydrogen) atoms. The predicted molar refractivity (Wildman–Crippen MR) is 101 cm³/mol. The molecule has 0 radical (unpaired) electrons. The fourth-order valence-electron chi connectivity index (χ4n) is 2.32. The van der Waals surface area contributed by atoms with E-state index in [9.17, 15) is 4.79 Å². The van der Waals surface area contributed by atoms with Crippen molar-refractivity contribution in [3.8, 4) is 17.2 Å². The van der Waals surface area contributed by atoms with E-state index in [1.807, 2.05) is 55.5 Å². The monoisotopic (exact) mass is 369 g/mol. The van der Waals surface area contributed by atoms with Gasteiger partial charge in [0.2, 0.25) is 17.7 Å². The molecule has 0 unspecified atom stereocenters. The Morgan fingerprint density at radius 2 is 1.81 bits per heavy atom. The van der Waals surface area contributed by atoms with Crippen LogP contribution in [0.5, 0.6) is 5.75 Å².